The van der Waals surface area contributed by atoms with E-state index in [-0.39, 0.29) is 17.4 Å². The number of aliphatic carboxylic acids is 1. The van der Waals surface area contributed by atoms with Crippen LogP contribution >= 0.6 is 11.8 Å². The number of carbonyl (C=O) groups is 2. The second-order valence-electron chi connectivity index (χ2n) is 2.81. The van der Waals surface area contributed by atoms with Crippen LogP contribution in [0.4, 0.5) is 0 Å². The van der Waals surface area contributed by atoms with Gasteiger partial charge in [-0.2, -0.15) is 0 Å². The fourth-order valence-electron chi connectivity index (χ4n) is 0.740. The predicted molar refractivity (Wildman–Crippen MR) is 56.5 cm³/mol. The van der Waals surface area contributed by atoms with Crippen LogP contribution in [0, 0.1) is 0 Å². The smallest absolute Gasteiger partial charge is 0.313 e. The monoisotopic (exact) mass is 220 g/mol. The molecule has 0 aliphatic heterocycles. The minimum Gasteiger partial charge on any atom is -0.481 e. The first-order valence-corrected chi connectivity index (χ1v) is 5.41. The quantitative estimate of drug-likeness (QED) is 0.604. The van der Waals surface area contributed by atoms with Crippen LogP contribution in [0.2, 0.25) is 0 Å². The molecule has 6 heteroatoms. The largest absolute Gasteiger partial charge is 0.481 e. The number of likely N-dealkylation sites (N-methyl/N-ethyl adjacent to an activating group) is 2. The molecule has 0 aromatic rings. The van der Waals surface area contributed by atoms with E-state index in [0.29, 0.717) is 6.54 Å². The number of hydrogen-bond donors (Lipinski definition) is 2. The van der Waals surface area contributed by atoms with Crippen LogP contribution in [0.25, 0.3) is 0 Å². The number of hydrogen-bond acceptors (Lipinski definition) is 4. The summed E-state index contributed by atoms with van der Waals surface area (Å²) in [5.41, 5.74) is 0. The van der Waals surface area contributed by atoms with E-state index < -0.39 is 5.97 Å². The van der Waals surface area contributed by atoms with Gasteiger partial charge in [0.1, 0.15) is 0 Å². The second-order valence-corrected chi connectivity index (χ2v) is 3.79. The van der Waals surface area contributed by atoms with E-state index in [1.165, 1.54) is 0 Å². The zero-order valence-corrected chi connectivity index (χ0v) is 9.26. The first kappa shape index (κ1) is 13.2. The van der Waals surface area contributed by atoms with E-state index in [1.54, 1.807) is 11.9 Å². The summed E-state index contributed by atoms with van der Waals surface area (Å²) in [5.74, 6) is -0.717. The van der Waals surface area contributed by atoms with Crippen LogP contribution in [-0.2, 0) is 9.59 Å². The lowest BCUT2D eigenvalue weighted by Crippen LogP contribution is -2.34. The van der Waals surface area contributed by atoms with Crippen molar-refractivity contribution in [3.05, 3.63) is 0 Å². The summed E-state index contributed by atoms with van der Waals surface area (Å²) in [6.45, 7) is 1.38. The van der Waals surface area contributed by atoms with Gasteiger partial charge in [-0.3, -0.25) is 9.59 Å². The standard InChI is InChI=1S/C8H16N2O3S/c1-9-3-4-10(2)7(11)5-14-6-8(12)13/h9H,3-6H2,1-2H3,(H,12,13). The van der Waals surface area contributed by atoms with Gasteiger partial charge in [0.2, 0.25) is 5.91 Å². The lowest BCUT2D eigenvalue weighted by atomic mass is 10.5. The Kier molecular flexibility index (Phi) is 7.23. The number of carbonyl (C=O) groups excluding carboxylic acids is 1. The number of rotatable bonds is 7. The summed E-state index contributed by atoms with van der Waals surface area (Å²) in [4.78, 5) is 23.1. The molecule has 0 aromatic carbocycles. The van der Waals surface area contributed by atoms with Gasteiger partial charge in [0.05, 0.1) is 11.5 Å². The van der Waals surface area contributed by atoms with Crippen molar-refractivity contribution in [3.63, 3.8) is 0 Å². The zero-order chi connectivity index (χ0) is 11.0. The van der Waals surface area contributed by atoms with Gasteiger partial charge < -0.3 is 15.3 Å². The molecule has 0 spiro atoms. The van der Waals surface area contributed by atoms with Gasteiger partial charge in [-0.1, -0.05) is 0 Å². The van der Waals surface area contributed by atoms with Crippen molar-refractivity contribution in [2.24, 2.45) is 0 Å². The summed E-state index contributed by atoms with van der Waals surface area (Å²) in [6.07, 6.45) is 0. The van der Waals surface area contributed by atoms with E-state index in [0.717, 1.165) is 18.3 Å². The molecule has 0 atom stereocenters. The molecule has 0 saturated carbocycles. The molecule has 1 amide bonds. The highest BCUT2D eigenvalue weighted by molar-refractivity contribution is 8.00. The summed E-state index contributed by atoms with van der Waals surface area (Å²) < 4.78 is 0. The summed E-state index contributed by atoms with van der Waals surface area (Å²) in [6, 6.07) is 0. The van der Waals surface area contributed by atoms with E-state index in [1.807, 2.05) is 7.05 Å². The van der Waals surface area contributed by atoms with E-state index in [4.69, 9.17) is 5.11 Å². The fraction of sp³-hybridized carbons (Fsp3) is 0.750. The van der Waals surface area contributed by atoms with E-state index in [2.05, 4.69) is 5.32 Å². The fourth-order valence-corrected chi connectivity index (χ4v) is 1.41. The molecular weight excluding hydrogens is 204 g/mol. The maximum absolute atomic E-state index is 11.3. The Balaban J connectivity index is 3.56. The lowest BCUT2D eigenvalue weighted by Gasteiger charge is -2.16. The first-order chi connectivity index (χ1) is 6.57. The van der Waals surface area contributed by atoms with Gasteiger partial charge in [-0.25, -0.2) is 0 Å². The van der Waals surface area contributed by atoms with Crippen molar-refractivity contribution >= 4 is 23.6 Å². The van der Waals surface area contributed by atoms with Crippen molar-refractivity contribution in [2.75, 3.05) is 38.7 Å². The Morgan fingerprint density at radius 3 is 2.57 bits per heavy atom. The SMILES string of the molecule is CNCCN(C)C(=O)CSCC(=O)O. The molecule has 2 N–H and O–H groups in total. The average molecular weight is 220 g/mol. The summed E-state index contributed by atoms with van der Waals surface area (Å²) in [5, 5.41) is 11.3. The predicted octanol–water partition coefficient (Wildman–Crippen LogP) is -0.518. The van der Waals surface area contributed by atoms with E-state index >= 15 is 0 Å². The number of amides is 1. The van der Waals surface area contributed by atoms with Crippen LogP contribution in [0.1, 0.15) is 0 Å². The molecule has 0 heterocycles. The Labute approximate surface area is 87.8 Å². The third-order valence-electron chi connectivity index (χ3n) is 1.57. The number of carboxylic acids is 1. The number of carboxylic acid groups (broad SMARTS) is 1. The van der Waals surface area contributed by atoms with Gasteiger partial charge in [0.15, 0.2) is 0 Å². The normalized spacial score (nSPS) is 9.86. The molecule has 0 unspecified atom stereocenters. The Morgan fingerprint density at radius 2 is 2.07 bits per heavy atom. The van der Waals surface area contributed by atoms with Gasteiger partial charge in [-0.05, 0) is 7.05 Å². The van der Waals surface area contributed by atoms with Gasteiger partial charge >= 0.3 is 5.97 Å². The minimum atomic E-state index is -0.888. The van der Waals surface area contributed by atoms with Crippen LogP contribution in [0.5, 0.6) is 0 Å². The highest BCUT2D eigenvalue weighted by Gasteiger charge is 2.08. The third kappa shape index (κ3) is 6.73. The zero-order valence-electron chi connectivity index (χ0n) is 8.45. The lowest BCUT2D eigenvalue weighted by molar-refractivity contribution is -0.133. The topological polar surface area (TPSA) is 69.6 Å². The molecule has 14 heavy (non-hydrogen) atoms. The molecule has 0 fully saturated rings. The van der Waals surface area contributed by atoms with Crippen LogP contribution in [0.3, 0.4) is 0 Å². The van der Waals surface area contributed by atoms with Crippen molar-refractivity contribution in [2.45, 2.75) is 0 Å². The van der Waals surface area contributed by atoms with Crippen molar-refractivity contribution in [3.8, 4) is 0 Å². The van der Waals surface area contributed by atoms with Gasteiger partial charge in [0.25, 0.3) is 0 Å². The number of nitrogens with one attached hydrogen (secondary N) is 1. The average Bonchev–Trinajstić information content (AvgIpc) is 2.13. The molecular formula is C8H16N2O3S. The minimum absolute atomic E-state index is 0.0222. The van der Waals surface area contributed by atoms with Gasteiger partial charge in [0, 0.05) is 20.1 Å². The second kappa shape index (κ2) is 7.64. The molecule has 0 aliphatic carbocycles. The molecule has 0 saturated heterocycles. The van der Waals surface area contributed by atoms with Crippen LogP contribution in [-0.4, -0.2) is 60.6 Å². The highest BCUT2D eigenvalue weighted by atomic mass is 32.2. The number of nitrogens with zero attached hydrogens (tertiary/aromatic N) is 1. The van der Waals surface area contributed by atoms with Gasteiger partial charge in [-0.15, -0.1) is 11.8 Å². The Morgan fingerprint density at radius 1 is 1.43 bits per heavy atom. The summed E-state index contributed by atoms with van der Waals surface area (Å²) in [7, 11) is 3.53. The van der Waals surface area contributed by atoms with E-state index in [9.17, 15) is 9.59 Å². The molecule has 0 bridgehead atoms. The first-order valence-electron chi connectivity index (χ1n) is 4.26. The molecule has 0 radical (unpaired) electrons. The Bertz CT molecular complexity index is 199. The molecule has 0 aliphatic rings. The molecule has 0 aromatic heterocycles. The maximum atomic E-state index is 11.3. The maximum Gasteiger partial charge on any atom is 0.313 e. The molecule has 82 valence electrons. The van der Waals surface area contributed by atoms with Crippen molar-refractivity contribution in [1.82, 2.24) is 10.2 Å². The van der Waals surface area contributed by atoms with Crippen molar-refractivity contribution in [1.29, 1.82) is 0 Å². The summed E-state index contributed by atoms with van der Waals surface area (Å²) >= 11 is 1.12. The highest BCUT2D eigenvalue weighted by Crippen LogP contribution is 2.00. The Hall–Kier alpha value is -0.750. The van der Waals surface area contributed by atoms with Crippen LogP contribution < -0.4 is 5.32 Å². The van der Waals surface area contributed by atoms with Crippen molar-refractivity contribution < 1.29 is 14.7 Å². The molecule has 5 nitrogen and oxygen atoms in total. The third-order valence-corrected chi connectivity index (χ3v) is 2.48. The molecule has 0 rings (SSSR count). The van der Waals surface area contributed by atoms with Crippen LogP contribution in [0.15, 0.2) is 0 Å². The number of thioether (sulfide) groups is 1.